The van der Waals surface area contributed by atoms with Gasteiger partial charge in [-0.3, -0.25) is 4.98 Å². The van der Waals surface area contributed by atoms with Gasteiger partial charge in [0.1, 0.15) is 0 Å². The summed E-state index contributed by atoms with van der Waals surface area (Å²) in [5, 5.41) is 7.31. The zero-order chi connectivity index (χ0) is 7.56. The van der Waals surface area contributed by atoms with Crippen molar-refractivity contribution in [1.29, 1.82) is 5.41 Å². The second-order valence-corrected chi connectivity index (χ2v) is 2.29. The van der Waals surface area contributed by atoms with Crippen LogP contribution in [-0.4, -0.2) is 10.7 Å². The SMILES string of the molecule is CC(=N)c1ncccc1C. The minimum absolute atomic E-state index is 0.526. The second-order valence-electron chi connectivity index (χ2n) is 2.29. The summed E-state index contributed by atoms with van der Waals surface area (Å²) in [4.78, 5) is 4.05. The normalized spacial score (nSPS) is 9.40. The third kappa shape index (κ3) is 1.21. The van der Waals surface area contributed by atoms with Gasteiger partial charge in [-0.15, -0.1) is 0 Å². The summed E-state index contributed by atoms with van der Waals surface area (Å²) in [6, 6.07) is 3.84. The summed E-state index contributed by atoms with van der Waals surface area (Å²) >= 11 is 0. The summed E-state index contributed by atoms with van der Waals surface area (Å²) in [5.74, 6) is 0. The van der Waals surface area contributed by atoms with Crippen molar-refractivity contribution in [3.8, 4) is 0 Å². The Morgan fingerprint density at radius 2 is 2.30 bits per heavy atom. The number of aryl methyl sites for hydroxylation is 1. The lowest BCUT2D eigenvalue weighted by atomic mass is 10.1. The van der Waals surface area contributed by atoms with Crippen LogP contribution < -0.4 is 0 Å². The van der Waals surface area contributed by atoms with E-state index in [1.165, 1.54) is 0 Å². The van der Waals surface area contributed by atoms with E-state index in [-0.39, 0.29) is 0 Å². The quantitative estimate of drug-likeness (QED) is 0.584. The Kier molecular flexibility index (Phi) is 1.81. The molecule has 1 rings (SSSR count). The van der Waals surface area contributed by atoms with Gasteiger partial charge in [-0.2, -0.15) is 0 Å². The van der Waals surface area contributed by atoms with Crippen LogP contribution in [0.4, 0.5) is 0 Å². The number of nitrogens with one attached hydrogen (secondary N) is 1. The first-order valence-corrected chi connectivity index (χ1v) is 3.19. The molecule has 0 aliphatic heterocycles. The molecule has 0 spiro atoms. The van der Waals surface area contributed by atoms with E-state index in [0.717, 1.165) is 11.3 Å². The van der Waals surface area contributed by atoms with Gasteiger partial charge in [-0.25, -0.2) is 0 Å². The van der Waals surface area contributed by atoms with Gasteiger partial charge >= 0.3 is 0 Å². The Balaban J connectivity index is 3.15. The highest BCUT2D eigenvalue weighted by molar-refractivity contribution is 5.95. The fourth-order valence-corrected chi connectivity index (χ4v) is 0.878. The molecular formula is C8H10N2. The van der Waals surface area contributed by atoms with Crippen LogP contribution in [0, 0.1) is 12.3 Å². The number of nitrogens with zero attached hydrogens (tertiary/aromatic N) is 1. The Bertz CT molecular complexity index is 253. The molecule has 0 radical (unpaired) electrons. The molecule has 0 amide bonds. The zero-order valence-corrected chi connectivity index (χ0v) is 6.18. The van der Waals surface area contributed by atoms with Gasteiger partial charge in [-0.1, -0.05) is 6.07 Å². The molecule has 0 fully saturated rings. The van der Waals surface area contributed by atoms with E-state index in [2.05, 4.69) is 4.98 Å². The van der Waals surface area contributed by atoms with Crippen LogP contribution >= 0.6 is 0 Å². The summed E-state index contributed by atoms with van der Waals surface area (Å²) in [7, 11) is 0. The molecular weight excluding hydrogens is 124 g/mol. The lowest BCUT2D eigenvalue weighted by Gasteiger charge is -1.99. The molecule has 0 bridgehead atoms. The first-order chi connectivity index (χ1) is 4.72. The molecule has 1 aromatic heterocycles. The molecule has 1 N–H and O–H groups in total. The molecule has 2 nitrogen and oxygen atoms in total. The lowest BCUT2D eigenvalue weighted by molar-refractivity contribution is 1.21. The van der Waals surface area contributed by atoms with E-state index in [9.17, 15) is 0 Å². The molecule has 0 atom stereocenters. The van der Waals surface area contributed by atoms with Crippen LogP contribution in [0.5, 0.6) is 0 Å². The highest BCUT2D eigenvalue weighted by Crippen LogP contribution is 2.02. The van der Waals surface area contributed by atoms with Crippen LogP contribution in [0.15, 0.2) is 18.3 Å². The summed E-state index contributed by atoms with van der Waals surface area (Å²) in [6.07, 6.45) is 1.71. The Morgan fingerprint density at radius 3 is 2.70 bits per heavy atom. The number of hydrogen-bond acceptors (Lipinski definition) is 2. The minimum atomic E-state index is 0.526. The van der Waals surface area contributed by atoms with Gasteiger partial charge in [0, 0.05) is 6.20 Å². The average Bonchev–Trinajstić information content (AvgIpc) is 1.88. The van der Waals surface area contributed by atoms with Crippen molar-refractivity contribution >= 4 is 5.71 Å². The highest BCUT2D eigenvalue weighted by atomic mass is 14.7. The van der Waals surface area contributed by atoms with Gasteiger partial charge in [-0.05, 0) is 25.5 Å². The lowest BCUT2D eigenvalue weighted by Crippen LogP contribution is -1.98. The monoisotopic (exact) mass is 134 g/mol. The van der Waals surface area contributed by atoms with Crippen molar-refractivity contribution in [1.82, 2.24) is 4.98 Å². The first-order valence-electron chi connectivity index (χ1n) is 3.19. The van der Waals surface area contributed by atoms with Crippen molar-refractivity contribution < 1.29 is 0 Å². The van der Waals surface area contributed by atoms with Crippen LogP contribution in [0.25, 0.3) is 0 Å². The van der Waals surface area contributed by atoms with Crippen molar-refractivity contribution in [3.05, 3.63) is 29.6 Å². The maximum atomic E-state index is 7.31. The maximum absolute atomic E-state index is 7.31. The van der Waals surface area contributed by atoms with E-state index in [1.807, 2.05) is 19.1 Å². The van der Waals surface area contributed by atoms with Crippen LogP contribution in [0.3, 0.4) is 0 Å². The van der Waals surface area contributed by atoms with Crippen LogP contribution in [0.1, 0.15) is 18.2 Å². The van der Waals surface area contributed by atoms with E-state index in [1.54, 1.807) is 13.1 Å². The molecule has 52 valence electrons. The fraction of sp³-hybridized carbons (Fsp3) is 0.250. The topological polar surface area (TPSA) is 36.7 Å². The van der Waals surface area contributed by atoms with Crippen LogP contribution in [-0.2, 0) is 0 Å². The van der Waals surface area contributed by atoms with E-state index in [4.69, 9.17) is 5.41 Å². The fourth-order valence-electron chi connectivity index (χ4n) is 0.878. The van der Waals surface area contributed by atoms with Gasteiger partial charge in [0.2, 0.25) is 0 Å². The maximum Gasteiger partial charge on any atom is 0.0863 e. The van der Waals surface area contributed by atoms with Crippen molar-refractivity contribution in [3.63, 3.8) is 0 Å². The predicted molar refractivity (Wildman–Crippen MR) is 41.5 cm³/mol. The summed E-state index contributed by atoms with van der Waals surface area (Å²) in [6.45, 7) is 3.70. The van der Waals surface area contributed by atoms with E-state index >= 15 is 0 Å². The molecule has 1 heterocycles. The van der Waals surface area contributed by atoms with Gasteiger partial charge in [0.15, 0.2) is 0 Å². The largest absolute Gasteiger partial charge is 0.303 e. The van der Waals surface area contributed by atoms with E-state index in [0.29, 0.717) is 5.71 Å². The van der Waals surface area contributed by atoms with Gasteiger partial charge in [0.05, 0.1) is 11.4 Å². The zero-order valence-electron chi connectivity index (χ0n) is 6.18. The number of aromatic nitrogens is 1. The van der Waals surface area contributed by atoms with Crippen LogP contribution in [0.2, 0.25) is 0 Å². The Hall–Kier alpha value is -1.18. The summed E-state index contributed by atoms with van der Waals surface area (Å²) < 4.78 is 0. The Labute approximate surface area is 60.4 Å². The van der Waals surface area contributed by atoms with E-state index < -0.39 is 0 Å². The molecule has 0 unspecified atom stereocenters. The average molecular weight is 134 g/mol. The Morgan fingerprint density at radius 1 is 1.60 bits per heavy atom. The molecule has 0 aromatic carbocycles. The summed E-state index contributed by atoms with van der Waals surface area (Å²) in [5.41, 5.74) is 2.38. The standard InChI is InChI=1S/C8H10N2/c1-6-4-3-5-10-8(6)7(2)9/h3-5,9H,1-2H3. The van der Waals surface area contributed by atoms with Gasteiger partial charge in [0.25, 0.3) is 0 Å². The molecule has 0 aliphatic rings. The molecule has 0 saturated carbocycles. The third-order valence-electron chi connectivity index (χ3n) is 1.36. The first kappa shape index (κ1) is 6.93. The molecule has 2 heteroatoms. The number of hydrogen-bond donors (Lipinski definition) is 1. The predicted octanol–water partition coefficient (Wildman–Crippen LogP) is 1.78. The van der Waals surface area contributed by atoms with Gasteiger partial charge < -0.3 is 5.41 Å². The number of rotatable bonds is 1. The van der Waals surface area contributed by atoms with Crippen molar-refractivity contribution in [2.24, 2.45) is 0 Å². The third-order valence-corrected chi connectivity index (χ3v) is 1.36. The molecule has 10 heavy (non-hydrogen) atoms. The minimum Gasteiger partial charge on any atom is -0.303 e. The smallest absolute Gasteiger partial charge is 0.0863 e. The molecule has 0 saturated heterocycles. The number of pyridine rings is 1. The van der Waals surface area contributed by atoms with Crippen molar-refractivity contribution in [2.75, 3.05) is 0 Å². The second kappa shape index (κ2) is 2.60. The molecule has 0 aliphatic carbocycles. The molecule has 1 aromatic rings. The highest BCUT2D eigenvalue weighted by Gasteiger charge is 1.98. The van der Waals surface area contributed by atoms with Crippen molar-refractivity contribution in [2.45, 2.75) is 13.8 Å².